The van der Waals surface area contributed by atoms with Crippen molar-refractivity contribution in [3.8, 4) is 0 Å². The molecule has 0 radical (unpaired) electrons. The number of alkyl halides is 3. The average molecular weight is 280 g/mol. The molecular formula is C10H11F3N2O2S. The van der Waals surface area contributed by atoms with E-state index in [1.54, 1.807) is 0 Å². The molecule has 100 valence electrons. The maximum absolute atomic E-state index is 12.7. The lowest BCUT2D eigenvalue weighted by Crippen LogP contribution is -2.11. The number of nitrogens with two attached hydrogens (primary N) is 1. The molecule has 0 aliphatic carbocycles. The van der Waals surface area contributed by atoms with Crippen molar-refractivity contribution >= 4 is 23.5 Å². The van der Waals surface area contributed by atoms with Gasteiger partial charge >= 0.3 is 12.1 Å². The van der Waals surface area contributed by atoms with Gasteiger partial charge in [0.1, 0.15) is 5.82 Å². The molecule has 0 aliphatic heterocycles. The Labute approximate surface area is 106 Å². The van der Waals surface area contributed by atoms with Gasteiger partial charge in [0.15, 0.2) is 5.69 Å². The van der Waals surface area contributed by atoms with Crippen LogP contribution in [0.15, 0.2) is 17.0 Å². The summed E-state index contributed by atoms with van der Waals surface area (Å²) in [5.41, 5.74) is 4.20. The van der Waals surface area contributed by atoms with Crippen molar-refractivity contribution in [1.82, 2.24) is 4.98 Å². The first kappa shape index (κ1) is 14.6. The van der Waals surface area contributed by atoms with Gasteiger partial charge in [-0.1, -0.05) is 0 Å². The molecule has 0 bridgehead atoms. The molecule has 0 spiro atoms. The number of pyridine rings is 1. The number of hydrogen-bond acceptors (Lipinski definition) is 5. The lowest BCUT2D eigenvalue weighted by Gasteiger charge is -2.11. The van der Waals surface area contributed by atoms with Crippen LogP contribution in [0.25, 0.3) is 0 Å². The van der Waals surface area contributed by atoms with Crippen LogP contribution in [0.2, 0.25) is 0 Å². The fraction of sp³-hybridized carbons (Fsp3) is 0.400. The minimum atomic E-state index is -4.57. The Morgan fingerprint density at radius 3 is 2.72 bits per heavy atom. The molecule has 1 aromatic rings. The third-order valence-electron chi connectivity index (χ3n) is 1.94. The van der Waals surface area contributed by atoms with Gasteiger partial charge in [0.25, 0.3) is 0 Å². The number of thioether (sulfide) groups is 1. The van der Waals surface area contributed by atoms with Crippen LogP contribution >= 0.6 is 11.8 Å². The number of ether oxygens (including phenoxy) is 1. The van der Waals surface area contributed by atoms with Crippen molar-refractivity contribution in [3.63, 3.8) is 0 Å². The van der Waals surface area contributed by atoms with Crippen LogP contribution in [0.4, 0.5) is 19.0 Å². The van der Waals surface area contributed by atoms with Crippen LogP contribution in [0, 0.1) is 0 Å². The molecule has 1 heterocycles. The molecule has 1 aromatic heterocycles. The van der Waals surface area contributed by atoms with Gasteiger partial charge in [-0.15, -0.1) is 11.8 Å². The molecule has 0 atom stereocenters. The number of carbonyl (C=O) groups excluding carboxylic acids is 1. The van der Waals surface area contributed by atoms with Gasteiger partial charge in [-0.05, 0) is 12.1 Å². The van der Waals surface area contributed by atoms with Gasteiger partial charge in [-0.2, -0.15) is 13.2 Å². The van der Waals surface area contributed by atoms with E-state index in [-0.39, 0.29) is 22.9 Å². The van der Waals surface area contributed by atoms with Crippen LogP contribution in [0.1, 0.15) is 12.1 Å². The molecule has 0 aromatic carbocycles. The predicted octanol–water partition coefficient (Wildman–Crippen LogP) is 2.34. The van der Waals surface area contributed by atoms with E-state index >= 15 is 0 Å². The van der Waals surface area contributed by atoms with Crippen molar-refractivity contribution in [1.29, 1.82) is 0 Å². The zero-order valence-electron chi connectivity index (χ0n) is 9.45. The number of hydrogen-bond donors (Lipinski definition) is 1. The molecule has 0 amide bonds. The van der Waals surface area contributed by atoms with Crippen LogP contribution < -0.4 is 5.73 Å². The molecule has 8 heteroatoms. The average Bonchev–Trinajstić information content (AvgIpc) is 2.29. The monoisotopic (exact) mass is 280 g/mol. The van der Waals surface area contributed by atoms with Crippen LogP contribution in [-0.4, -0.2) is 23.8 Å². The van der Waals surface area contributed by atoms with E-state index in [0.717, 1.165) is 11.8 Å². The van der Waals surface area contributed by atoms with Gasteiger partial charge in [0.2, 0.25) is 0 Å². The number of nitrogens with zero attached hydrogens (tertiary/aromatic N) is 1. The number of rotatable bonds is 4. The third kappa shape index (κ3) is 4.10. The Balaban J connectivity index is 2.79. The molecule has 0 saturated carbocycles. The Morgan fingerprint density at radius 1 is 1.50 bits per heavy atom. The number of carbonyl (C=O) groups is 1. The van der Waals surface area contributed by atoms with Gasteiger partial charge in [-0.3, -0.25) is 4.79 Å². The highest BCUT2D eigenvalue weighted by Crippen LogP contribution is 2.35. The smallest absolute Gasteiger partial charge is 0.434 e. The summed E-state index contributed by atoms with van der Waals surface area (Å²) >= 11 is 0.887. The predicted molar refractivity (Wildman–Crippen MR) is 61.0 cm³/mol. The lowest BCUT2D eigenvalue weighted by molar-refractivity contribution is -0.143. The SMILES string of the molecule is COC(=O)CCSc1ccc(N)nc1C(F)(F)F. The van der Waals surface area contributed by atoms with E-state index in [1.165, 1.54) is 19.2 Å². The number of esters is 1. The fourth-order valence-electron chi connectivity index (χ4n) is 1.13. The van der Waals surface area contributed by atoms with Crippen molar-refractivity contribution in [3.05, 3.63) is 17.8 Å². The van der Waals surface area contributed by atoms with Crippen molar-refractivity contribution in [2.24, 2.45) is 0 Å². The first-order valence-electron chi connectivity index (χ1n) is 4.88. The summed E-state index contributed by atoms with van der Waals surface area (Å²) in [6.07, 6.45) is -4.54. The van der Waals surface area contributed by atoms with E-state index in [2.05, 4.69) is 9.72 Å². The van der Waals surface area contributed by atoms with Crippen molar-refractivity contribution in [2.45, 2.75) is 17.5 Å². The second-order valence-electron chi connectivity index (χ2n) is 3.26. The highest BCUT2D eigenvalue weighted by Gasteiger charge is 2.35. The zero-order chi connectivity index (χ0) is 13.8. The van der Waals surface area contributed by atoms with Crippen molar-refractivity contribution in [2.75, 3.05) is 18.6 Å². The first-order valence-corrected chi connectivity index (χ1v) is 5.86. The second kappa shape index (κ2) is 5.94. The summed E-state index contributed by atoms with van der Waals surface area (Å²) in [4.78, 5) is 14.1. The summed E-state index contributed by atoms with van der Waals surface area (Å²) in [6.45, 7) is 0. The lowest BCUT2D eigenvalue weighted by atomic mass is 10.3. The Morgan fingerprint density at radius 2 is 2.17 bits per heavy atom. The second-order valence-corrected chi connectivity index (χ2v) is 4.39. The summed E-state index contributed by atoms with van der Waals surface area (Å²) < 4.78 is 42.4. The largest absolute Gasteiger partial charge is 0.469 e. The van der Waals surface area contributed by atoms with Crippen LogP contribution in [0.5, 0.6) is 0 Å². The summed E-state index contributed by atoms with van der Waals surface area (Å²) in [5, 5.41) is 0. The Hall–Kier alpha value is -1.44. The molecule has 0 saturated heterocycles. The number of aromatic nitrogens is 1. The molecule has 0 unspecified atom stereocenters. The molecule has 2 N–H and O–H groups in total. The van der Waals surface area contributed by atoms with E-state index in [1.807, 2.05) is 0 Å². The maximum Gasteiger partial charge on any atom is 0.434 e. The highest BCUT2D eigenvalue weighted by atomic mass is 32.2. The Bertz CT molecular complexity index is 438. The van der Waals surface area contributed by atoms with Gasteiger partial charge < -0.3 is 10.5 Å². The number of halogens is 3. The van der Waals surface area contributed by atoms with E-state index in [9.17, 15) is 18.0 Å². The topological polar surface area (TPSA) is 65.2 Å². The fourth-order valence-corrected chi connectivity index (χ4v) is 2.08. The molecule has 1 rings (SSSR count). The number of methoxy groups -OCH3 is 1. The third-order valence-corrected chi connectivity index (χ3v) is 2.99. The minimum Gasteiger partial charge on any atom is -0.469 e. The summed E-state index contributed by atoms with van der Waals surface area (Å²) in [5.74, 6) is -0.486. The normalized spacial score (nSPS) is 11.3. The maximum atomic E-state index is 12.7. The van der Waals surface area contributed by atoms with Crippen LogP contribution in [0.3, 0.4) is 0 Å². The standard InChI is InChI=1S/C10H11F3N2O2S/c1-17-8(16)4-5-18-6-2-3-7(14)15-9(6)10(11,12)13/h2-3H,4-5H2,1H3,(H2,14,15). The Kier molecular flexibility index (Phi) is 4.83. The molecule has 18 heavy (non-hydrogen) atoms. The van der Waals surface area contributed by atoms with E-state index in [0.29, 0.717) is 0 Å². The summed E-state index contributed by atoms with van der Waals surface area (Å²) in [7, 11) is 1.22. The highest BCUT2D eigenvalue weighted by molar-refractivity contribution is 7.99. The molecule has 4 nitrogen and oxygen atoms in total. The molecular weight excluding hydrogens is 269 g/mol. The van der Waals surface area contributed by atoms with Crippen LogP contribution in [-0.2, 0) is 15.7 Å². The molecule has 0 fully saturated rings. The first-order chi connectivity index (χ1) is 8.34. The van der Waals surface area contributed by atoms with E-state index in [4.69, 9.17) is 5.73 Å². The van der Waals surface area contributed by atoms with Gasteiger partial charge in [0.05, 0.1) is 13.5 Å². The number of nitrogen functional groups attached to an aromatic ring is 1. The van der Waals surface area contributed by atoms with Gasteiger partial charge in [-0.25, -0.2) is 4.98 Å². The van der Waals surface area contributed by atoms with E-state index < -0.39 is 17.8 Å². The molecule has 0 aliphatic rings. The number of anilines is 1. The van der Waals surface area contributed by atoms with Gasteiger partial charge in [0, 0.05) is 10.6 Å². The zero-order valence-corrected chi connectivity index (χ0v) is 10.3. The van der Waals surface area contributed by atoms with Crippen molar-refractivity contribution < 1.29 is 22.7 Å². The minimum absolute atomic E-state index is 0.0306. The quantitative estimate of drug-likeness (QED) is 0.677. The summed E-state index contributed by atoms with van der Waals surface area (Å²) in [6, 6.07) is 2.53.